The second kappa shape index (κ2) is 8.47. The SMILES string of the molecule is Cc1cc(-c2cnc3c(NCCC(F)(F)F)nc(-c4ccn[nH]4)cn23)ccc1C(=O)NC1CC1. The van der Waals surface area contributed by atoms with Gasteiger partial charge in [-0.1, -0.05) is 6.07 Å². The molecule has 0 spiro atoms. The highest BCUT2D eigenvalue weighted by atomic mass is 19.4. The maximum atomic E-state index is 12.7. The van der Waals surface area contributed by atoms with Gasteiger partial charge in [-0.05, 0) is 43.5 Å². The molecule has 3 N–H and O–H groups in total. The van der Waals surface area contributed by atoms with Crippen molar-refractivity contribution in [1.82, 2.24) is 29.9 Å². The fourth-order valence-electron chi connectivity index (χ4n) is 3.74. The molecule has 1 fully saturated rings. The lowest BCUT2D eigenvalue weighted by atomic mass is 10.0. The van der Waals surface area contributed by atoms with Crippen molar-refractivity contribution in [1.29, 1.82) is 0 Å². The molecular formula is C23H22F3N7O. The highest BCUT2D eigenvalue weighted by Crippen LogP contribution is 2.29. The lowest BCUT2D eigenvalue weighted by Gasteiger charge is -2.12. The van der Waals surface area contributed by atoms with Gasteiger partial charge in [-0.2, -0.15) is 18.3 Å². The van der Waals surface area contributed by atoms with Gasteiger partial charge in [-0.15, -0.1) is 0 Å². The first-order chi connectivity index (χ1) is 16.3. The summed E-state index contributed by atoms with van der Waals surface area (Å²) in [5, 5.41) is 12.5. The summed E-state index contributed by atoms with van der Waals surface area (Å²) in [5.74, 6) is 0.145. The number of fused-ring (bicyclic) bond motifs is 1. The van der Waals surface area contributed by atoms with Gasteiger partial charge in [0.15, 0.2) is 11.5 Å². The molecule has 11 heteroatoms. The van der Waals surface area contributed by atoms with Crippen molar-refractivity contribution in [2.24, 2.45) is 0 Å². The van der Waals surface area contributed by atoms with Gasteiger partial charge in [0.2, 0.25) is 0 Å². The van der Waals surface area contributed by atoms with Crippen LogP contribution < -0.4 is 10.6 Å². The number of benzene rings is 1. The Hall–Kier alpha value is -3.89. The Morgan fingerprint density at radius 3 is 2.76 bits per heavy atom. The summed E-state index contributed by atoms with van der Waals surface area (Å²) in [6.45, 7) is 1.54. The predicted molar refractivity (Wildman–Crippen MR) is 120 cm³/mol. The number of nitrogens with one attached hydrogen (secondary N) is 3. The summed E-state index contributed by atoms with van der Waals surface area (Å²) in [6.07, 6.45) is 1.71. The minimum atomic E-state index is -4.28. The Labute approximate surface area is 192 Å². The van der Waals surface area contributed by atoms with E-state index in [9.17, 15) is 18.0 Å². The first-order valence-corrected chi connectivity index (χ1v) is 10.9. The van der Waals surface area contributed by atoms with E-state index in [0.717, 1.165) is 24.0 Å². The number of aromatic nitrogens is 5. The molecule has 1 amide bonds. The molecule has 3 heterocycles. The largest absolute Gasteiger partial charge is 0.390 e. The number of aryl methyl sites for hydroxylation is 1. The Morgan fingerprint density at radius 2 is 2.09 bits per heavy atom. The molecule has 3 aromatic heterocycles. The highest BCUT2D eigenvalue weighted by molar-refractivity contribution is 5.96. The van der Waals surface area contributed by atoms with E-state index in [1.165, 1.54) is 0 Å². The van der Waals surface area contributed by atoms with Crippen LogP contribution in [0, 0.1) is 6.92 Å². The van der Waals surface area contributed by atoms with Crippen molar-refractivity contribution in [3.05, 3.63) is 54.0 Å². The van der Waals surface area contributed by atoms with Gasteiger partial charge in [-0.3, -0.25) is 14.3 Å². The number of carbonyl (C=O) groups excluding carboxylic acids is 1. The number of nitrogens with zero attached hydrogens (tertiary/aromatic N) is 4. The minimum absolute atomic E-state index is 0.0911. The average molecular weight is 469 g/mol. The summed E-state index contributed by atoms with van der Waals surface area (Å²) in [6, 6.07) is 7.51. The van der Waals surface area contributed by atoms with Crippen LogP contribution in [0.3, 0.4) is 0 Å². The van der Waals surface area contributed by atoms with Gasteiger partial charge < -0.3 is 10.6 Å². The Balaban J connectivity index is 1.52. The third-order valence-corrected chi connectivity index (χ3v) is 5.65. The van der Waals surface area contributed by atoms with Crippen molar-refractivity contribution in [3.8, 4) is 22.6 Å². The third kappa shape index (κ3) is 4.59. The third-order valence-electron chi connectivity index (χ3n) is 5.65. The minimum Gasteiger partial charge on any atom is -0.367 e. The molecule has 1 aliphatic carbocycles. The fraction of sp³-hybridized carbons (Fsp3) is 0.304. The zero-order valence-corrected chi connectivity index (χ0v) is 18.3. The number of hydrogen-bond acceptors (Lipinski definition) is 5. The van der Waals surface area contributed by atoms with Gasteiger partial charge in [-0.25, -0.2) is 9.97 Å². The summed E-state index contributed by atoms with van der Waals surface area (Å²) in [4.78, 5) is 21.4. The molecule has 0 saturated heterocycles. The monoisotopic (exact) mass is 469 g/mol. The van der Waals surface area contributed by atoms with Crippen molar-refractivity contribution in [2.75, 3.05) is 11.9 Å². The second-order valence-electron chi connectivity index (χ2n) is 8.35. The molecule has 1 aliphatic rings. The van der Waals surface area contributed by atoms with Gasteiger partial charge in [0, 0.05) is 36.1 Å². The fourth-order valence-corrected chi connectivity index (χ4v) is 3.74. The summed E-state index contributed by atoms with van der Waals surface area (Å²) >= 11 is 0. The van der Waals surface area contributed by atoms with Crippen LogP contribution in [0.5, 0.6) is 0 Å². The van der Waals surface area contributed by atoms with Crippen molar-refractivity contribution in [2.45, 2.75) is 38.4 Å². The molecule has 1 saturated carbocycles. The van der Waals surface area contributed by atoms with E-state index < -0.39 is 12.6 Å². The number of alkyl halides is 3. The van der Waals surface area contributed by atoms with Crippen LogP contribution in [0.2, 0.25) is 0 Å². The first-order valence-electron chi connectivity index (χ1n) is 10.9. The lowest BCUT2D eigenvalue weighted by molar-refractivity contribution is -0.131. The van der Waals surface area contributed by atoms with Gasteiger partial charge in [0.25, 0.3) is 5.91 Å². The zero-order chi connectivity index (χ0) is 23.9. The molecule has 0 radical (unpaired) electrons. The number of carbonyl (C=O) groups is 1. The van der Waals surface area contributed by atoms with Crippen LogP contribution in [0.15, 0.2) is 42.9 Å². The van der Waals surface area contributed by atoms with Gasteiger partial charge in [0.05, 0.1) is 24.0 Å². The Kier molecular flexibility index (Phi) is 5.46. The number of H-pyrrole nitrogens is 1. The Bertz CT molecular complexity index is 1340. The molecule has 176 valence electrons. The molecule has 1 aromatic carbocycles. The maximum absolute atomic E-state index is 12.7. The van der Waals surface area contributed by atoms with Gasteiger partial charge >= 0.3 is 6.18 Å². The van der Waals surface area contributed by atoms with E-state index in [1.54, 1.807) is 35.1 Å². The average Bonchev–Trinajstić information content (AvgIpc) is 3.24. The van der Waals surface area contributed by atoms with Crippen LogP contribution in [0.25, 0.3) is 28.3 Å². The number of imidazole rings is 1. The van der Waals surface area contributed by atoms with Crippen LogP contribution in [-0.2, 0) is 0 Å². The van der Waals surface area contributed by atoms with Gasteiger partial charge in [0.1, 0.15) is 5.69 Å². The van der Waals surface area contributed by atoms with Crippen LogP contribution in [-0.4, -0.2) is 49.2 Å². The maximum Gasteiger partial charge on any atom is 0.390 e. The van der Waals surface area contributed by atoms with Crippen molar-refractivity contribution in [3.63, 3.8) is 0 Å². The number of amides is 1. The molecule has 0 unspecified atom stereocenters. The van der Waals surface area contributed by atoms with Crippen LogP contribution >= 0.6 is 0 Å². The molecule has 34 heavy (non-hydrogen) atoms. The van der Waals surface area contributed by atoms with E-state index in [4.69, 9.17) is 0 Å². The normalized spacial score (nSPS) is 13.9. The highest BCUT2D eigenvalue weighted by Gasteiger charge is 2.27. The zero-order valence-electron chi connectivity index (χ0n) is 18.3. The smallest absolute Gasteiger partial charge is 0.367 e. The quantitative estimate of drug-likeness (QED) is 0.374. The predicted octanol–water partition coefficient (Wildman–Crippen LogP) is 4.35. The van der Waals surface area contributed by atoms with Crippen LogP contribution in [0.4, 0.5) is 19.0 Å². The first kappa shape index (κ1) is 21.9. The molecular weight excluding hydrogens is 447 g/mol. The van der Waals surface area contributed by atoms with Crippen molar-refractivity contribution >= 4 is 17.4 Å². The van der Waals surface area contributed by atoms with Crippen LogP contribution in [0.1, 0.15) is 35.2 Å². The number of halogens is 3. The van der Waals surface area contributed by atoms with E-state index in [-0.39, 0.29) is 24.3 Å². The summed E-state index contributed by atoms with van der Waals surface area (Å²) < 4.78 is 39.8. The molecule has 4 aromatic rings. The molecule has 5 rings (SSSR count). The molecule has 8 nitrogen and oxygen atoms in total. The van der Waals surface area contributed by atoms with E-state index >= 15 is 0 Å². The van der Waals surface area contributed by atoms with E-state index in [1.807, 2.05) is 19.1 Å². The molecule has 0 atom stereocenters. The lowest BCUT2D eigenvalue weighted by Crippen LogP contribution is -2.26. The summed E-state index contributed by atoms with van der Waals surface area (Å²) in [5.41, 5.74) is 4.47. The number of hydrogen-bond donors (Lipinski definition) is 3. The standard InChI is InChI=1S/C23H22F3N7O/c1-13-10-14(2-5-16(13)22(34)30-15-3-4-15)19-11-28-21-20(27-9-7-23(24,25)26)31-18(12-33(19)21)17-6-8-29-32-17/h2,5-6,8,10-12,15H,3-4,7,9H2,1H3,(H,27,31)(H,29,32)(H,30,34). The van der Waals surface area contributed by atoms with Crippen molar-refractivity contribution < 1.29 is 18.0 Å². The molecule has 0 bridgehead atoms. The summed E-state index contributed by atoms with van der Waals surface area (Å²) in [7, 11) is 0. The number of anilines is 1. The second-order valence-corrected chi connectivity index (χ2v) is 8.35. The Morgan fingerprint density at radius 1 is 1.26 bits per heavy atom. The van der Waals surface area contributed by atoms with E-state index in [0.29, 0.717) is 28.3 Å². The van der Waals surface area contributed by atoms with E-state index in [2.05, 4.69) is 30.8 Å². The molecule has 0 aliphatic heterocycles. The number of rotatable bonds is 7. The topological polar surface area (TPSA) is 100 Å². The number of aromatic amines is 1.